The molecule has 4 heterocycles. The summed E-state index contributed by atoms with van der Waals surface area (Å²) in [5.74, 6) is 0.865. The Morgan fingerprint density at radius 3 is 2.49 bits per heavy atom. The van der Waals surface area contributed by atoms with E-state index < -0.39 is 0 Å². The number of hydrogen-bond acceptors (Lipinski definition) is 3. The smallest absolute Gasteiger partial charge is 0.472 e. The van der Waals surface area contributed by atoms with Crippen LogP contribution in [-0.4, -0.2) is 19.1 Å². The zero-order valence-electron chi connectivity index (χ0n) is 22.0. The fourth-order valence-electron chi connectivity index (χ4n) is 5.57. The van der Waals surface area contributed by atoms with Gasteiger partial charge in [0.15, 0.2) is 0 Å². The Hall–Kier alpha value is -4.73. The molecule has 0 saturated heterocycles. The van der Waals surface area contributed by atoms with Crippen molar-refractivity contribution in [2.45, 2.75) is 0 Å². The van der Waals surface area contributed by atoms with E-state index in [-0.39, 0.29) is 21.1 Å². The van der Waals surface area contributed by atoms with Gasteiger partial charge in [-0.25, -0.2) is 0 Å². The van der Waals surface area contributed by atoms with Crippen LogP contribution in [0.3, 0.4) is 0 Å². The van der Waals surface area contributed by atoms with Gasteiger partial charge in [0.25, 0.3) is 0 Å². The summed E-state index contributed by atoms with van der Waals surface area (Å²) >= 11 is 0. The number of benzene rings is 4. The van der Waals surface area contributed by atoms with Crippen LogP contribution in [0.2, 0.25) is 0 Å². The Morgan fingerprint density at radius 1 is 0.732 bits per heavy atom. The molecular formula is C35H22N4OPt. The summed E-state index contributed by atoms with van der Waals surface area (Å²) in [5, 5.41) is 2.31. The quantitative estimate of drug-likeness (QED) is 0.173. The molecule has 0 aliphatic heterocycles. The van der Waals surface area contributed by atoms with E-state index in [4.69, 9.17) is 9.40 Å². The zero-order chi connectivity index (χ0) is 26.6. The fourth-order valence-corrected chi connectivity index (χ4v) is 5.57. The predicted molar refractivity (Wildman–Crippen MR) is 159 cm³/mol. The standard InChI is InChI=1S/C35H22N4O.Pt/c1-38-34-20-23(26-16-18-40-22-26)13-15-31(34)37-35(38)25-12-14-29-28-9-2-3-11-32(28)39(33(29)21-25)27-8-6-7-24(19-27)30-10-4-5-17-36-30;/h2-18,20,22H,1H3;/q-2;+2. The summed E-state index contributed by atoms with van der Waals surface area (Å²) < 4.78 is 9.67. The van der Waals surface area contributed by atoms with Crippen molar-refractivity contribution in [3.8, 4) is 39.5 Å². The van der Waals surface area contributed by atoms with Gasteiger partial charge in [-0.05, 0) is 58.2 Å². The average Bonchev–Trinajstić information content (AvgIpc) is 3.74. The summed E-state index contributed by atoms with van der Waals surface area (Å²) in [5.41, 5.74) is 9.94. The second-order valence-electron chi connectivity index (χ2n) is 9.86. The summed E-state index contributed by atoms with van der Waals surface area (Å²) in [6, 6.07) is 40.5. The Kier molecular flexibility index (Phi) is 6.18. The number of aryl methyl sites for hydroxylation is 1. The largest absolute Gasteiger partial charge is 2.00 e. The van der Waals surface area contributed by atoms with Gasteiger partial charge in [-0.15, -0.1) is 53.6 Å². The molecule has 0 fully saturated rings. The van der Waals surface area contributed by atoms with E-state index in [1.807, 2.05) is 36.5 Å². The molecule has 0 aliphatic rings. The first-order valence-corrected chi connectivity index (χ1v) is 13.1. The Balaban J connectivity index is 0.00000276. The Labute approximate surface area is 251 Å². The first kappa shape index (κ1) is 25.3. The van der Waals surface area contributed by atoms with Gasteiger partial charge in [0.05, 0.1) is 29.4 Å². The maximum Gasteiger partial charge on any atom is 2.00 e. The third kappa shape index (κ3) is 4.13. The molecule has 8 aromatic rings. The van der Waals surface area contributed by atoms with Gasteiger partial charge in [0, 0.05) is 24.3 Å². The number of imidazole rings is 1. The van der Waals surface area contributed by atoms with Crippen LogP contribution in [0.4, 0.5) is 0 Å². The summed E-state index contributed by atoms with van der Waals surface area (Å²) in [7, 11) is 2.06. The summed E-state index contributed by atoms with van der Waals surface area (Å²) in [6.07, 6.45) is 5.27. The first-order chi connectivity index (χ1) is 19.7. The van der Waals surface area contributed by atoms with Crippen LogP contribution in [0.1, 0.15) is 0 Å². The molecule has 198 valence electrons. The van der Waals surface area contributed by atoms with Crippen LogP contribution in [-0.2, 0) is 28.1 Å². The number of aromatic nitrogens is 4. The first-order valence-electron chi connectivity index (χ1n) is 13.1. The SMILES string of the molecule is Cn1c(-c2[c-]c3c(cc2)c2ccccc2n3-c2[c-]c(-c3ccccn3)ccc2)nc2ccc(-c3ccoc3)cc21.[Pt+2]. The minimum atomic E-state index is 0. The third-order valence-electron chi connectivity index (χ3n) is 7.52. The Bertz CT molecular complexity index is 2180. The van der Waals surface area contributed by atoms with Gasteiger partial charge in [0.1, 0.15) is 0 Å². The minimum Gasteiger partial charge on any atom is -0.472 e. The number of furan rings is 1. The van der Waals surface area contributed by atoms with Crippen LogP contribution in [0, 0.1) is 12.1 Å². The van der Waals surface area contributed by atoms with Gasteiger partial charge < -0.3 is 18.5 Å². The molecule has 0 aliphatic carbocycles. The van der Waals surface area contributed by atoms with E-state index in [2.05, 4.69) is 100 Å². The fraction of sp³-hybridized carbons (Fsp3) is 0.0286. The normalized spacial score (nSPS) is 11.3. The molecule has 0 bridgehead atoms. The number of fused-ring (bicyclic) bond motifs is 4. The van der Waals surface area contributed by atoms with Crippen LogP contribution in [0.15, 0.2) is 120 Å². The molecule has 0 atom stereocenters. The third-order valence-corrected chi connectivity index (χ3v) is 7.52. The number of pyridine rings is 1. The summed E-state index contributed by atoms with van der Waals surface area (Å²) in [4.78, 5) is 9.54. The van der Waals surface area contributed by atoms with Gasteiger partial charge in [-0.3, -0.25) is 4.98 Å². The van der Waals surface area contributed by atoms with Crippen molar-refractivity contribution in [1.29, 1.82) is 0 Å². The molecule has 6 heteroatoms. The van der Waals surface area contributed by atoms with Crippen molar-refractivity contribution in [3.63, 3.8) is 0 Å². The number of hydrogen-bond donors (Lipinski definition) is 0. The van der Waals surface area contributed by atoms with E-state index in [1.54, 1.807) is 12.5 Å². The van der Waals surface area contributed by atoms with E-state index in [0.717, 1.165) is 66.9 Å². The molecule has 0 amide bonds. The van der Waals surface area contributed by atoms with E-state index in [1.165, 1.54) is 5.39 Å². The molecule has 41 heavy (non-hydrogen) atoms. The number of para-hydroxylation sites is 1. The molecule has 8 rings (SSSR count). The van der Waals surface area contributed by atoms with Crippen LogP contribution < -0.4 is 0 Å². The van der Waals surface area contributed by atoms with Gasteiger partial charge in [-0.1, -0.05) is 41.8 Å². The van der Waals surface area contributed by atoms with Crippen molar-refractivity contribution in [2.24, 2.45) is 7.05 Å². The molecule has 0 saturated carbocycles. The molecule has 5 nitrogen and oxygen atoms in total. The van der Waals surface area contributed by atoms with Crippen molar-refractivity contribution >= 4 is 32.8 Å². The average molecular weight is 710 g/mol. The van der Waals surface area contributed by atoms with E-state index in [9.17, 15) is 0 Å². The zero-order valence-corrected chi connectivity index (χ0v) is 24.3. The van der Waals surface area contributed by atoms with Crippen molar-refractivity contribution in [3.05, 3.63) is 128 Å². The maximum absolute atomic E-state index is 5.30. The minimum absolute atomic E-state index is 0. The second-order valence-corrected chi connectivity index (χ2v) is 9.86. The van der Waals surface area contributed by atoms with E-state index in [0.29, 0.717) is 0 Å². The van der Waals surface area contributed by atoms with Gasteiger partial charge >= 0.3 is 21.1 Å². The Morgan fingerprint density at radius 2 is 1.63 bits per heavy atom. The predicted octanol–water partition coefficient (Wildman–Crippen LogP) is 8.26. The number of rotatable bonds is 4. The second kappa shape index (κ2) is 10.0. The van der Waals surface area contributed by atoms with Gasteiger partial charge in [-0.2, -0.15) is 0 Å². The van der Waals surface area contributed by atoms with Crippen molar-refractivity contribution in [1.82, 2.24) is 19.1 Å². The molecule has 0 spiro atoms. The molecule has 4 aromatic heterocycles. The van der Waals surface area contributed by atoms with Crippen molar-refractivity contribution < 1.29 is 25.5 Å². The van der Waals surface area contributed by atoms with Crippen molar-refractivity contribution in [2.75, 3.05) is 0 Å². The molecule has 0 unspecified atom stereocenters. The topological polar surface area (TPSA) is 48.8 Å². The van der Waals surface area contributed by atoms with Crippen LogP contribution in [0.25, 0.3) is 72.3 Å². The number of nitrogens with zero attached hydrogens (tertiary/aromatic N) is 4. The summed E-state index contributed by atoms with van der Waals surface area (Å²) in [6.45, 7) is 0. The van der Waals surface area contributed by atoms with Gasteiger partial charge in [0.2, 0.25) is 0 Å². The monoisotopic (exact) mass is 709 g/mol. The molecular weight excluding hydrogens is 687 g/mol. The van der Waals surface area contributed by atoms with Crippen LogP contribution in [0.5, 0.6) is 0 Å². The molecule has 0 N–H and O–H groups in total. The van der Waals surface area contributed by atoms with Crippen LogP contribution >= 0.6 is 0 Å². The molecule has 4 aromatic carbocycles. The molecule has 0 radical (unpaired) electrons. The van der Waals surface area contributed by atoms with E-state index >= 15 is 0 Å². The maximum atomic E-state index is 5.30.